The summed E-state index contributed by atoms with van der Waals surface area (Å²) in [6.07, 6.45) is 8.30. The van der Waals surface area contributed by atoms with Crippen LogP contribution in [0.3, 0.4) is 0 Å². The molecule has 0 aromatic heterocycles. The lowest BCUT2D eigenvalue weighted by Crippen LogP contribution is -2.29. The first kappa shape index (κ1) is 6.04. The minimum absolute atomic E-state index is 0.444. The van der Waals surface area contributed by atoms with Crippen molar-refractivity contribution >= 4 is 5.71 Å². The van der Waals surface area contributed by atoms with Gasteiger partial charge in [-0.3, -0.25) is 0 Å². The van der Waals surface area contributed by atoms with Crippen LogP contribution in [-0.4, -0.2) is 11.8 Å². The molecule has 3 rings (SSSR count). The molecule has 0 N–H and O–H groups in total. The zero-order valence-electron chi connectivity index (χ0n) is 6.68. The van der Waals surface area contributed by atoms with Crippen molar-refractivity contribution in [3.8, 4) is 0 Å². The third-order valence-electron chi connectivity index (χ3n) is 3.61. The molecule has 2 heteroatoms. The molecule has 0 radical (unpaired) electrons. The van der Waals surface area contributed by atoms with E-state index in [2.05, 4.69) is 5.16 Å². The van der Waals surface area contributed by atoms with Gasteiger partial charge in [0.15, 0.2) is 0 Å². The predicted octanol–water partition coefficient (Wildman–Crippen LogP) is 2.10. The number of rotatable bonds is 0. The Labute approximate surface area is 66.6 Å². The molecule has 2 unspecified atom stereocenters. The molecule has 0 saturated heterocycles. The van der Waals surface area contributed by atoms with Crippen LogP contribution in [0, 0.1) is 5.41 Å². The highest BCUT2D eigenvalue weighted by Crippen LogP contribution is 2.53. The Morgan fingerprint density at radius 1 is 1.36 bits per heavy atom. The SMILES string of the molecule is C1CC2=NOC3CCCC23C1. The largest absolute Gasteiger partial charge is 0.392 e. The predicted molar refractivity (Wildman–Crippen MR) is 42.4 cm³/mol. The Morgan fingerprint density at radius 3 is 3.27 bits per heavy atom. The summed E-state index contributed by atoms with van der Waals surface area (Å²) in [5.41, 5.74) is 1.83. The van der Waals surface area contributed by atoms with Crippen LogP contribution in [0.25, 0.3) is 0 Å². The Hall–Kier alpha value is -0.530. The number of nitrogens with zero attached hydrogens (tertiary/aromatic N) is 1. The highest BCUT2D eigenvalue weighted by molar-refractivity contribution is 5.93. The lowest BCUT2D eigenvalue weighted by Gasteiger charge is -2.21. The fraction of sp³-hybridized carbons (Fsp3) is 0.889. The summed E-state index contributed by atoms with van der Waals surface area (Å²) < 4.78 is 0. The molecule has 2 fully saturated rings. The van der Waals surface area contributed by atoms with E-state index in [0.717, 1.165) is 0 Å². The van der Waals surface area contributed by atoms with Gasteiger partial charge in [-0.15, -0.1) is 0 Å². The number of hydrogen-bond donors (Lipinski definition) is 0. The summed E-state index contributed by atoms with van der Waals surface area (Å²) >= 11 is 0. The maximum absolute atomic E-state index is 5.42. The van der Waals surface area contributed by atoms with E-state index in [1.165, 1.54) is 44.2 Å². The van der Waals surface area contributed by atoms with Gasteiger partial charge >= 0.3 is 0 Å². The second kappa shape index (κ2) is 1.79. The van der Waals surface area contributed by atoms with Gasteiger partial charge in [-0.25, -0.2) is 0 Å². The highest BCUT2D eigenvalue weighted by atomic mass is 16.6. The molecule has 11 heavy (non-hydrogen) atoms. The molecule has 3 aliphatic rings. The molecular weight excluding hydrogens is 138 g/mol. The van der Waals surface area contributed by atoms with Gasteiger partial charge in [0, 0.05) is 0 Å². The second-order valence-corrected chi connectivity index (χ2v) is 4.03. The Bertz CT molecular complexity index is 220. The Balaban J connectivity index is 2.05. The summed E-state index contributed by atoms with van der Waals surface area (Å²) in [7, 11) is 0. The smallest absolute Gasteiger partial charge is 0.138 e. The van der Waals surface area contributed by atoms with Crippen molar-refractivity contribution in [2.75, 3.05) is 0 Å². The summed E-state index contributed by atoms with van der Waals surface area (Å²) in [6.45, 7) is 0. The van der Waals surface area contributed by atoms with E-state index < -0.39 is 0 Å². The maximum Gasteiger partial charge on any atom is 0.138 e. The van der Waals surface area contributed by atoms with Crippen LogP contribution in [-0.2, 0) is 4.84 Å². The molecular formula is C9H13NO. The third kappa shape index (κ3) is 0.569. The highest BCUT2D eigenvalue weighted by Gasteiger charge is 2.54. The van der Waals surface area contributed by atoms with Crippen molar-refractivity contribution in [1.29, 1.82) is 0 Å². The van der Waals surface area contributed by atoms with E-state index in [4.69, 9.17) is 4.84 Å². The molecule has 2 saturated carbocycles. The number of oxime groups is 1. The minimum Gasteiger partial charge on any atom is -0.392 e. The molecule has 2 nitrogen and oxygen atoms in total. The molecule has 0 aromatic rings. The van der Waals surface area contributed by atoms with Gasteiger partial charge in [-0.1, -0.05) is 5.16 Å². The normalized spacial score (nSPS) is 46.5. The average Bonchev–Trinajstić information content (AvgIpc) is 2.55. The van der Waals surface area contributed by atoms with E-state index in [1.807, 2.05) is 0 Å². The van der Waals surface area contributed by atoms with Gasteiger partial charge in [0.05, 0.1) is 11.1 Å². The first-order valence-corrected chi connectivity index (χ1v) is 4.65. The van der Waals surface area contributed by atoms with Crippen LogP contribution < -0.4 is 0 Å². The minimum atomic E-state index is 0.444. The van der Waals surface area contributed by atoms with Gasteiger partial charge in [-0.05, 0) is 38.5 Å². The first-order valence-electron chi connectivity index (χ1n) is 4.65. The monoisotopic (exact) mass is 151 g/mol. The molecule has 0 aromatic carbocycles. The standard InChI is InChI=1S/C9H13NO/c1-3-7-9(5-1)6-2-4-8(9)11-10-7/h8H,1-6H2. The van der Waals surface area contributed by atoms with Gasteiger partial charge in [0.1, 0.15) is 6.10 Å². The zero-order valence-corrected chi connectivity index (χ0v) is 6.68. The van der Waals surface area contributed by atoms with Crippen molar-refractivity contribution in [3.05, 3.63) is 0 Å². The fourth-order valence-electron chi connectivity index (χ4n) is 3.04. The topological polar surface area (TPSA) is 21.6 Å². The fourth-order valence-corrected chi connectivity index (χ4v) is 3.04. The first-order chi connectivity index (χ1) is 5.42. The van der Waals surface area contributed by atoms with E-state index in [1.54, 1.807) is 0 Å². The van der Waals surface area contributed by atoms with Crippen LogP contribution in [0.4, 0.5) is 0 Å². The Kier molecular flexibility index (Phi) is 0.984. The van der Waals surface area contributed by atoms with E-state index in [0.29, 0.717) is 11.5 Å². The summed E-state index contributed by atoms with van der Waals surface area (Å²) in [5, 5.41) is 4.19. The quantitative estimate of drug-likeness (QED) is 0.519. The molecule has 2 aliphatic carbocycles. The average molecular weight is 151 g/mol. The van der Waals surface area contributed by atoms with Gasteiger partial charge < -0.3 is 4.84 Å². The molecule has 1 spiro atoms. The molecule has 0 amide bonds. The van der Waals surface area contributed by atoms with Gasteiger partial charge in [-0.2, -0.15) is 0 Å². The number of hydrogen-bond acceptors (Lipinski definition) is 2. The maximum atomic E-state index is 5.42. The van der Waals surface area contributed by atoms with E-state index in [9.17, 15) is 0 Å². The second-order valence-electron chi connectivity index (χ2n) is 4.03. The summed E-state index contributed by atoms with van der Waals surface area (Å²) in [5.74, 6) is 0. The van der Waals surface area contributed by atoms with Crippen molar-refractivity contribution in [2.24, 2.45) is 10.6 Å². The zero-order chi connectivity index (χ0) is 7.31. The summed E-state index contributed by atoms with van der Waals surface area (Å²) in [6, 6.07) is 0. The van der Waals surface area contributed by atoms with Crippen molar-refractivity contribution in [2.45, 2.75) is 44.6 Å². The van der Waals surface area contributed by atoms with Crippen molar-refractivity contribution < 1.29 is 4.84 Å². The van der Waals surface area contributed by atoms with E-state index >= 15 is 0 Å². The molecule has 1 heterocycles. The van der Waals surface area contributed by atoms with Gasteiger partial charge in [0.2, 0.25) is 0 Å². The lowest BCUT2D eigenvalue weighted by atomic mass is 9.82. The van der Waals surface area contributed by atoms with Crippen molar-refractivity contribution in [1.82, 2.24) is 0 Å². The molecule has 1 aliphatic heterocycles. The van der Waals surface area contributed by atoms with Gasteiger partial charge in [0.25, 0.3) is 0 Å². The Morgan fingerprint density at radius 2 is 2.27 bits per heavy atom. The van der Waals surface area contributed by atoms with Crippen molar-refractivity contribution in [3.63, 3.8) is 0 Å². The third-order valence-corrected chi connectivity index (χ3v) is 3.61. The van der Waals surface area contributed by atoms with Crippen LogP contribution >= 0.6 is 0 Å². The van der Waals surface area contributed by atoms with Crippen LogP contribution in [0.15, 0.2) is 5.16 Å². The van der Waals surface area contributed by atoms with Crippen LogP contribution in [0.1, 0.15) is 38.5 Å². The molecule has 60 valence electrons. The summed E-state index contributed by atoms with van der Waals surface area (Å²) in [4.78, 5) is 5.42. The molecule has 2 atom stereocenters. The molecule has 0 bridgehead atoms. The van der Waals surface area contributed by atoms with E-state index in [-0.39, 0.29) is 0 Å². The lowest BCUT2D eigenvalue weighted by molar-refractivity contribution is 0.0404. The van der Waals surface area contributed by atoms with Crippen LogP contribution in [0.5, 0.6) is 0 Å². The van der Waals surface area contributed by atoms with Crippen LogP contribution in [0.2, 0.25) is 0 Å².